The second-order valence-electron chi connectivity index (χ2n) is 7.42. The Balaban J connectivity index is 1.84. The van der Waals surface area contributed by atoms with Crippen LogP contribution < -0.4 is 10.0 Å². The van der Waals surface area contributed by atoms with Gasteiger partial charge < -0.3 is 9.84 Å². The lowest BCUT2D eigenvalue weighted by Crippen LogP contribution is -2.40. The van der Waals surface area contributed by atoms with Crippen molar-refractivity contribution in [2.45, 2.75) is 31.2 Å². The van der Waals surface area contributed by atoms with Crippen molar-refractivity contribution in [3.63, 3.8) is 0 Å². The number of hydrogen-bond donors (Lipinski definition) is 2. The Kier molecular flexibility index (Phi) is 5.79. The number of hydrogen-bond acceptors (Lipinski definition) is 5. The van der Waals surface area contributed by atoms with Crippen molar-refractivity contribution < 1.29 is 17.7 Å². The van der Waals surface area contributed by atoms with Crippen LogP contribution in [0.1, 0.15) is 31.1 Å². The van der Waals surface area contributed by atoms with Gasteiger partial charge in [-0.25, -0.2) is 13.1 Å². The first kappa shape index (κ1) is 21.0. The SMILES string of the molecule is CC(C)(C)NS(=O)(=O)c1cccc(NC(=O)c2conc2-c2ccc(Cl)cc2)c1. The third-order valence-electron chi connectivity index (χ3n) is 3.77. The van der Waals surface area contributed by atoms with E-state index < -0.39 is 21.5 Å². The molecule has 152 valence electrons. The lowest BCUT2D eigenvalue weighted by atomic mass is 10.1. The van der Waals surface area contributed by atoms with Crippen LogP contribution in [0.25, 0.3) is 11.3 Å². The van der Waals surface area contributed by atoms with E-state index in [1.54, 1.807) is 57.2 Å². The molecule has 0 saturated heterocycles. The van der Waals surface area contributed by atoms with E-state index in [2.05, 4.69) is 15.2 Å². The summed E-state index contributed by atoms with van der Waals surface area (Å²) in [6, 6.07) is 12.8. The number of amides is 1. The molecule has 0 aliphatic heterocycles. The first-order valence-corrected chi connectivity index (χ1v) is 10.6. The predicted molar refractivity (Wildman–Crippen MR) is 111 cm³/mol. The molecule has 3 aromatic rings. The molecule has 0 saturated carbocycles. The Morgan fingerprint density at radius 3 is 2.45 bits per heavy atom. The average Bonchev–Trinajstić information content (AvgIpc) is 3.10. The molecule has 1 aromatic heterocycles. The van der Waals surface area contributed by atoms with Gasteiger partial charge in [0, 0.05) is 21.8 Å². The zero-order chi connectivity index (χ0) is 21.2. The van der Waals surface area contributed by atoms with E-state index in [0.29, 0.717) is 22.0 Å². The van der Waals surface area contributed by atoms with Gasteiger partial charge >= 0.3 is 0 Å². The third-order valence-corrected chi connectivity index (χ3v) is 5.78. The van der Waals surface area contributed by atoms with E-state index in [4.69, 9.17) is 16.1 Å². The zero-order valence-corrected chi connectivity index (χ0v) is 17.6. The molecule has 1 amide bonds. The van der Waals surface area contributed by atoms with Gasteiger partial charge in [-0.3, -0.25) is 4.79 Å². The number of nitrogens with one attached hydrogen (secondary N) is 2. The van der Waals surface area contributed by atoms with Crippen LogP contribution in [0.2, 0.25) is 5.02 Å². The van der Waals surface area contributed by atoms with E-state index in [1.807, 2.05) is 0 Å². The van der Waals surface area contributed by atoms with Gasteiger partial charge in [0.1, 0.15) is 17.5 Å². The smallest absolute Gasteiger partial charge is 0.261 e. The maximum Gasteiger partial charge on any atom is 0.261 e. The number of benzene rings is 2. The fourth-order valence-corrected chi connectivity index (χ4v) is 4.21. The van der Waals surface area contributed by atoms with Gasteiger partial charge in [-0.2, -0.15) is 0 Å². The van der Waals surface area contributed by atoms with Crippen LogP contribution in [0.4, 0.5) is 5.69 Å². The molecule has 7 nitrogen and oxygen atoms in total. The number of aromatic nitrogens is 1. The van der Waals surface area contributed by atoms with Crippen LogP contribution in [0.3, 0.4) is 0 Å². The van der Waals surface area contributed by atoms with Crippen molar-refractivity contribution in [2.24, 2.45) is 0 Å². The molecule has 0 unspecified atom stereocenters. The van der Waals surface area contributed by atoms with Crippen LogP contribution in [-0.4, -0.2) is 25.0 Å². The summed E-state index contributed by atoms with van der Waals surface area (Å²) in [5.41, 5.74) is 0.938. The lowest BCUT2D eigenvalue weighted by molar-refractivity contribution is 0.102. The number of carbonyl (C=O) groups excluding carboxylic acids is 1. The molecule has 0 atom stereocenters. The number of anilines is 1. The molecule has 0 spiro atoms. The molecule has 2 aromatic carbocycles. The van der Waals surface area contributed by atoms with Crippen molar-refractivity contribution in [1.82, 2.24) is 9.88 Å². The minimum absolute atomic E-state index is 0.0495. The minimum atomic E-state index is -3.73. The summed E-state index contributed by atoms with van der Waals surface area (Å²) in [6.45, 7) is 5.25. The predicted octanol–water partition coefficient (Wildman–Crippen LogP) is 4.32. The van der Waals surface area contributed by atoms with Crippen LogP contribution in [-0.2, 0) is 10.0 Å². The Bertz CT molecular complexity index is 1130. The van der Waals surface area contributed by atoms with E-state index >= 15 is 0 Å². The summed E-state index contributed by atoms with van der Waals surface area (Å²) in [5.74, 6) is -0.477. The van der Waals surface area contributed by atoms with Crippen LogP contribution in [0, 0.1) is 0 Å². The first-order chi connectivity index (χ1) is 13.5. The van der Waals surface area contributed by atoms with Crippen LogP contribution in [0.5, 0.6) is 0 Å². The monoisotopic (exact) mass is 433 g/mol. The number of halogens is 1. The highest BCUT2D eigenvalue weighted by Crippen LogP contribution is 2.25. The van der Waals surface area contributed by atoms with Gasteiger partial charge in [0.2, 0.25) is 10.0 Å². The van der Waals surface area contributed by atoms with Gasteiger partial charge in [-0.05, 0) is 51.1 Å². The summed E-state index contributed by atoms with van der Waals surface area (Å²) in [6.07, 6.45) is 1.24. The Labute approximate surface area is 174 Å². The molecule has 2 N–H and O–H groups in total. The van der Waals surface area contributed by atoms with E-state index in [9.17, 15) is 13.2 Å². The molecule has 1 heterocycles. The van der Waals surface area contributed by atoms with Crippen LogP contribution >= 0.6 is 11.6 Å². The fraction of sp³-hybridized carbons (Fsp3) is 0.200. The molecular weight excluding hydrogens is 414 g/mol. The van der Waals surface area contributed by atoms with Gasteiger partial charge in [0.05, 0.1) is 4.90 Å². The van der Waals surface area contributed by atoms with E-state index in [-0.39, 0.29) is 10.5 Å². The summed E-state index contributed by atoms with van der Waals surface area (Å²) >= 11 is 5.90. The zero-order valence-electron chi connectivity index (χ0n) is 16.1. The average molecular weight is 434 g/mol. The summed E-state index contributed by atoms with van der Waals surface area (Å²) in [5, 5.41) is 7.14. The van der Waals surface area contributed by atoms with Gasteiger partial charge in [-0.1, -0.05) is 35.0 Å². The molecule has 9 heteroatoms. The number of carbonyl (C=O) groups is 1. The highest BCUT2D eigenvalue weighted by molar-refractivity contribution is 7.89. The van der Waals surface area contributed by atoms with Gasteiger partial charge in [-0.15, -0.1) is 0 Å². The molecule has 3 rings (SSSR count). The van der Waals surface area contributed by atoms with Crippen molar-refractivity contribution in [3.05, 3.63) is 65.4 Å². The fourth-order valence-electron chi connectivity index (χ4n) is 2.62. The number of nitrogens with zero attached hydrogens (tertiary/aromatic N) is 1. The second-order valence-corrected chi connectivity index (χ2v) is 9.54. The van der Waals surface area contributed by atoms with E-state index in [1.165, 1.54) is 18.4 Å². The van der Waals surface area contributed by atoms with E-state index in [0.717, 1.165) is 0 Å². The highest BCUT2D eigenvalue weighted by atomic mass is 35.5. The van der Waals surface area contributed by atoms with Crippen molar-refractivity contribution in [2.75, 3.05) is 5.32 Å². The molecular formula is C20H20ClN3O4S. The molecule has 0 bridgehead atoms. The normalized spacial score (nSPS) is 12.0. The quantitative estimate of drug-likeness (QED) is 0.623. The number of rotatable bonds is 5. The topological polar surface area (TPSA) is 101 Å². The van der Waals surface area contributed by atoms with Gasteiger partial charge in [0.25, 0.3) is 5.91 Å². The second kappa shape index (κ2) is 7.98. The third kappa shape index (κ3) is 5.23. The summed E-state index contributed by atoms with van der Waals surface area (Å²) in [7, 11) is -3.73. The molecule has 0 radical (unpaired) electrons. The Hall–Kier alpha value is -2.68. The lowest BCUT2D eigenvalue weighted by Gasteiger charge is -2.20. The summed E-state index contributed by atoms with van der Waals surface area (Å²) < 4.78 is 32.6. The largest absolute Gasteiger partial charge is 0.363 e. The molecule has 29 heavy (non-hydrogen) atoms. The first-order valence-electron chi connectivity index (χ1n) is 8.71. The highest BCUT2D eigenvalue weighted by Gasteiger charge is 2.23. The summed E-state index contributed by atoms with van der Waals surface area (Å²) in [4.78, 5) is 12.8. The van der Waals surface area contributed by atoms with Gasteiger partial charge in [0.15, 0.2) is 0 Å². The van der Waals surface area contributed by atoms with Crippen molar-refractivity contribution in [1.29, 1.82) is 0 Å². The maximum absolute atomic E-state index is 12.7. The maximum atomic E-state index is 12.7. The molecule has 0 fully saturated rings. The van der Waals surface area contributed by atoms with Crippen LogP contribution in [0.15, 0.2) is 64.2 Å². The standard InChI is InChI=1S/C20H20ClN3O4S/c1-20(2,3)24-29(26,27)16-6-4-5-15(11-16)22-19(25)17-12-28-23-18(17)13-7-9-14(21)10-8-13/h4-12,24H,1-3H3,(H,22,25). The Morgan fingerprint density at radius 2 is 1.79 bits per heavy atom. The van der Waals surface area contributed by atoms with Crippen molar-refractivity contribution >= 4 is 33.2 Å². The Morgan fingerprint density at radius 1 is 1.10 bits per heavy atom. The molecule has 0 aliphatic carbocycles. The minimum Gasteiger partial charge on any atom is -0.363 e. The molecule has 0 aliphatic rings. The number of sulfonamides is 1. The van der Waals surface area contributed by atoms with Crippen molar-refractivity contribution in [3.8, 4) is 11.3 Å².